The number of hydrogen-bond donors (Lipinski definition) is 0. The molecule has 3 rings (SSSR count). The molecule has 2 aliphatic rings. The van der Waals surface area contributed by atoms with Crippen LogP contribution in [0.15, 0.2) is 18.5 Å². The van der Waals surface area contributed by atoms with Crippen LogP contribution in [-0.2, 0) is 9.53 Å². The van der Waals surface area contributed by atoms with Crippen molar-refractivity contribution >= 4 is 17.9 Å². The molecule has 0 spiro atoms. The maximum atomic E-state index is 12.9. The molecule has 1 aromatic rings. The Hall–Kier alpha value is -2.38. The summed E-state index contributed by atoms with van der Waals surface area (Å²) >= 11 is 0. The van der Waals surface area contributed by atoms with E-state index in [0.29, 0.717) is 45.3 Å². The number of aromatic nitrogens is 2. The number of carbonyl (C=O) groups excluding carboxylic acids is 2. The van der Waals surface area contributed by atoms with E-state index in [1.54, 1.807) is 30.3 Å². The number of piperidine rings is 1. The number of anilines is 1. The molecule has 2 fully saturated rings. The van der Waals surface area contributed by atoms with Gasteiger partial charge in [-0.1, -0.05) is 0 Å². The van der Waals surface area contributed by atoms with Crippen LogP contribution < -0.4 is 4.90 Å². The molecule has 8 heteroatoms. The van der Waals surface area contributed by atoms with Gasteiger partial charge in [0.2, 0.25) is 11.9 Å². The zero-order valence-corrected chi connectivity index (χ0v) is 14.6. The summed E-state index contributed by atoms with van der Waals surface area (Å²) in [5.74, 6) is 0.822. The Kier molecular flexibility index (Phi) is 5.67. The predicted molar refractivity (Wildman–Crippen MR) is 92.1 cm³/mol. The first-order chi connectivity index (χ1) is 12.2. The summed E-state index contributed by atoms with van der Waals surface area (Å²) < 4.78 is 5.02. The highest BCUT2D eigenvalue weighted by Gasteiger charge is 2.32. The van der Waals surface area contributed by atoms with Crippen LogP contribution in [0.4, 0.5) is 10.7 Å². The number of carbonyl (C=O) groups is 2. The van der Waals surface area contributed by atoms with Gasteiger partial charge < -0.3 is 19.4 Å². The van der Waals surface area contributed by atoms with Gasteiger partial charge in [0.05, 0.1) is 12.5 Å². The first kappa shape index (κ1) is 17.4. The summed E-state index contributed by atoms with van der Waals surface area (Å²) in [6, 6.07) is 1.79. The Morgan fingerprint density at radius 2 is 1.80 bits per heavy atom. The maximum Gasteiger partial charge on any atom is 0.409 e. The standard InChI is InChI=1S/C17H25N5O3/c1-2-25-17(24)21-11-9-20(10-12-21)15(23)14-5-3-8-22(13-14)16-18-6-4-7-19-16/h4,6-7,14H,2-3,5,8-13H2,1H3/t14-/m0/s1. The van der Waals surface area contributed by atoms with Crippen LogP contribution in [0.1, 0.15) is 19.8 Å². The molecule has 8 nitrogen and oxygen atoms in total. The molecule has 1 atom stereocenters. The number of ether oxygens (including phenoxy) is 1. The van der Waals surface area contributed by atoms with E-state index in [1.165, 1.54) is 0 Å². The van der Waals surface area contributed by atoms with Crippen molar-refractivity contribution in [2.45, 2.75) is 19.8 Å². The van der Waals surface area contributed by atoms with E-state index in [1.807, 2.05) is 4.90 Å². The lowest BCUT2D eigenvalue weighted by molar-refractivity contribution is -0.137. The van der Waals surface area contributed by atoms with Gasteiger partial charge in [-0.15, -0.1) is 0 Å². The number of hydrogen-bond acceptors (Lipinski definition) is 6. The van der Waals surface area contributed by atoms with Crippen LogP contribution in [0.5, 0.6) is 0 Å². The van der Waals surface area contributed by atoms with Crippen LogP contribution >= 0.6 is 0 Å². The van der Waals surface area contributed by atoms with Crippen molar-refractivity contribution in [3.63, 3.8) is 0 Å². The van der Waals surface area contributed by atoms with E-state index in [-0.39, 0.29) is 17.9 Å². The van der Waals surface area contributed by atoms with Crippen LogP contribution in [0.25, 0.3) is 0 Å². The molecule has 0 bridgehead atoms. The Bertz CT molecular complexity index is 589. The average Bonchev–Trinajstić information content (AvgIpc) is 2.68. The first-order valence-corrected chi connectivity index (χ1v) is 8.91. The predicted octanol–water partition coefficient (Wildman–Crippen LogP) is 0.994. The third kappa shape index (κ3) is 4.18. The summed E-state index contributed by atoms with van der Waals surface area (Å²) in [5, 5.41) is 0. The van der Waals surface area contributed by atoms with Crippen molar-refractivity contribution < 1.29 is 14.3 Å². The molecule has 1 aromatic heterocycles. The Morgan fingerprint density at radius 1 is 1.12 bits per heavy atom. The van der Waals surface area contributed by atoms with Gasteiger partial charge in [-0.25, -0.2) is 14.8 Å². The maximum absolute atomic E-state index is 12.9. The van der Waals surface area contributed by atoms with Gasteiger partial charge in [0.15, 0.2) is 0 Å². The Labute approximate surface area is 147 Å². The summed E-state index contributed by atoms with van der Waals surface area (Å²) in [6.45, 7) is 5.89. The van der Waals surface area contributed by atoms with E-state index < -0.39 is 0 Å². The van der Waals surface area contributed by atoms with Gasteiger partial charge in [0, 0.05) is 51.7 Å². The number of piperazine rings is 1. The van der Waals surface area contributed by atoms with E-state index in [2.05, 4.69) is 14.9 Å². The topological polar surface area (TPSA) is 78.9 Å². The molecule has 0 unspecified atom stereocenters. The smallest absolute Gasteiger partial charge is 0.409 e. The molecule has 2 amide bonds. The van der Waals surface area contributed by atoms with Gasteiger partial charge in [-0.05, 0) is 25.8 Å². The molecule has 2 aliphatic heterocycles. The molecule has 25 heavy (non-hydrogen) atoms. The highest BCUT2D eigenvalue weighted by Crippen LogP contribution is 2.22. The molecule has 2 saturated heterocycles. The molecule has 0 aliphatic carbocycles. The summed E-state index contributed by atoms with van der Waals surface area (Å²) in [4.78, 5) is 38.8. The lowest BCUT2D eigenvalue weighted by Crippen LogP contribution is -2.53. The van der Waals surface area contributed by atoms with Crippen molar-refractivity contribution in [3.05, 3.63) is 18.5 Å². The van der Waals surface area contributed by atoms with Gasteiger partial charge in [-0.3, -0.25) is 4.79 Å². The highest BCUT2D eigenvalue weighted by molar-refractivity contribution is 5.80. The monoisotopic (exact) mass is 347 g/mol. The minimum atomic E-state index is -0.292. The van der Waals surface area contributed by atoms with Gasteiger partial charge in [0.1, 0.15) is 0 Å². The van der Waals surface area contributed by atoms with Crippen LogP contribution in [0.3, 0.4) is 0 Å². The fourth-order valence-corrected chi connectivity index (χ4v) is 3.40. The lowest BCUT2D eigenvalue weighted by Gasteiger charge is -2.38. The molecule has 136 valence electrons. The Morgan fingerprint density at radius 3 is 2.48 bits per heavy atom. The van der Waals surface area contributed by atoms with E-state index in [0.717, 1.165) is 19.4 Å². The minimum Gasteiger partial charge on any atom is -0.450 e. The van der Waals surface area contributed by atoms with Gasteiger partial charge in [0.25, 0.3) is 0 Å². The number of amides is 2. The van der Waals surface area contributed by atoms with Crippen LogP contribution in [0, 0.1) is 5.92 Å². The fraction of sp³-hybridized carbons (Fsp3) is 0.647. The number of rotatable bonds is 3. The highest BCUT2D eigenvalue weighted by atomic mass is 16.6. The van der Waals surface area contributed by atoms with E-state index in [4.69, 9.17) is 4.74 Å². The SMILES string of the molecule is CCOC(=O)N1CCN(C(=O)[C@H]2CCCN(c3ncccn3)C2)CC1. The third-order valence-corrected chi connectivity index (χ3v) is 4.72. The van der Waals surface area contributed by atoms with Gasteiger partial charge in [-0.2, -0.15) is 0 Å². The third-order valence-electron chi connectivity index (χ3n) is 4.72. The largest absolute Gasteiger partial charge is 0.450 e. The second-order valence-electron chi connectivity index (χ2n) is 6.35. The minimum absolute atomic E-state index is 0.0355. The second kappa shape index (κ2) is 8.13. The molecule has 0 saturated carbocycles. The molecular weight excluding hydrogens is 322 g/mol. The average molecular weight is 347 g/mol. The molecule has 0 radical (unpaired) electrons. The second-order valence-corrected chi connectivity index (χ2v) is 6.35. The number of nitrogens with zero attached hydrogens (tertiary/aromatic N) is 5. The zero-order valence-electron chi connectivity index (χ0n) is 14.6. The van der Waals surface area contributed by atoms with E-state index in [9.17, 15) is 9.59 Å². The van der Waals surface area contributed by atoms with Gasteiger partial charge >= 0.3 is 6.09 Å². The lowest BCUT2D eigenvalue weighted by atomic mass is 9.96. The van der Waals surface area contributed by atoms with Crippen molar-refractivity contribution in [3.8, 4) is 0 Å². The van der Waals surface area contributed by atoms with Crippen molar-refractivity contribution in [2.24, 2.45) is 5.92 Å². The summed E-state index contributed by atoms with van der Waals surface area (Å²) in [7, 11) is 0. The first-order valence-electron chi connectivity index (χ1n) is 8.91. The molecule has 0 N–H and O–H groups in total. The molecule has 0 aromatic carbocycles. The summed E-state index contributed by atoms with van der Waals surface area (Å²) in [6.07, 6.45) is 5.00. The molecule has 3 heterocycles. The van der Waals surface area contributed by atoms with Crippen molar-refractivity contribution in [2.75, 3.05) is 50.8 Å². The van der Waals surface area contributed by atoms with Crippen LogP contribution in [0.2, 0.25) is 0 Å². The zero-order chi connectivity index (χ0) is 17.6. The van der Waals surface area contributed by atoms with E-state index >= 15 is 0 Å². The normalized spacial score (nSPS) is 21.2. The fourth-order valence-electron chi connectivity index (χ4n) is 3.40. The molecular formula is C17H25N5O3. The summed E-state index contributed by atoms with van der Waals surface area (Å²) in [5.41, 5.74) is 0. The van der Waals surface area contributed by atoms with Crippen molar-refractivity contribution in [1.29, 1.82) is 0 Å². The van der Waals surface area contributed by atoms with Crippen molar-refractivity contribution in [1.82, 2.24) is 19.8 Å². The Balaban J connectivity index is 1.54. The quantitative estimate of drug-likeness (QED) is 0.811. The van der Waals surface area contributed by atoms with Crippen LogP contribution in [-0.4, -0.2) is 77.6 Å².